The first kappa shape index (κ1) is 16.2. The van der Waals surface area contributed by atoms with Gasteiger partial charge in [0.15, 0.2) is 5.60 Å². The van der Waals surface area contributed by atoms with E-state index in [-0.39, 0.29) is 6.42 Å². The van der Waals surface area contributed by atoms with Gasteiger partial charge < -0.3 is 10.4 Å². The molecule has 0 aliphatic carbocycles. The summed E-state index contributed by atoms with van der Waals surface area (Å²) in [5.41, 5.74) is 4.79. The molecule has 3 aromatic rings. The largest absolute Gasteiger partial charge is 0.375 e. The minimum Gasteiger partial charge on any atom is -0.375 e. The van der Waals surface area contributed by atoms with E-state index in [1.165, 1.54) is 0 Å². The first-order chi connectivity index (χ1) is 12.6. The highest BCUT2D eigenvalue weighted by Gasteiger charge is 2.45. The molecule has 0 saturated heterocycles. The molecule has 0 bridgehead atoms. The van der Waals surface area contributed by atoms with Crippen molar-refractivity contribution in [1.82, 2.24) is 4.98 Å². The van der Waals surface area contributed by atoms with E-state index in [2.05, 4.69) is 20.8 Å². The van der Waals surface area contributed by atoms with Gasteiger partial charge in [0.1, 0.15) is 0 Å². The van der Waals surface area contributed by atoms with Crippen molar-refractivity contribution in [3.05, 3.63) is 66.4 Å². The molecular weight excluding hydrogens is 328 g/mol. The molecule has 0 spiro atoms. The van der Waals surface area contributed by atoms with Gasteiger partial charge in [-0.2, -0.15) is 5.10 Å². The van der Waals surface area contributed by atoms with Gasteiger partial charge in [-0.1, -0.05) is 36.4 Å². The van der Waals surface area contributed by atoms with Crippen LogP contribution in [0.15, 0.2) is 65.9 Å². The average molecular weight is 346 g/mol. The van der Waals surface area contributed by atoms with E-state index < -0.39 is 11.5 Å². The van der Waals surface area contributed by atoms with Crippen LogP contribution in [0.4, 0.5) is 11.4 Å². The number of hydrogen-bond donors (Lipinski definition) is 3. The number of rotatable bonds is 4. The van der Waals surface area contributed by atoms with E-state index in [1.54, 1.807) is 31.3 Å². The number of nitrogens with one attached hydrogen (secondary N) is 2. The summed E-state index contributed by atoms with van der Waals surface area (Å²) in [5.74, 6) is -0.430. The number of fused-ring (bicyclic) bond motifs is 2. The highest BCUT2D eigenvalue weighted by atomic mass is 16.3. The first-order valence-electron chi connectivity index (χ1n) is 8.34. The van der Waals surface area contributed by atoms with Gasteiger partial charge in [-0.3, -0.25) is 15.2 Å². The monoisotopic (exact) mass is 346 g/mol. The maximum absolute atomic E-state index is 12.3. The van der Waals surface area contributed by atoms with E-state index in [0.717, 1.165) is 16.6 Å². The minimum atomic E-state index is -1.61. The molecular formula is C20H18N4O2. The second-order valence-corrected chi connectivity index (χ2v) is 6.38. The Morgan fingerprint density at radius 3 is 2.88 bits per heavy atom. The highest BCUT2D eigenvalue weighted by molar-refractivity contribution is 6.07. The zero-order valence-corrected chi connectivity index (χ0v) is 14.2. The van der Waals surface area contributed by atoms with Crippen LogP contribution in [0, 0.1) is 0 Å². The number of hydrazone groups is 1. The summed E-state index contributed by atoms with van der Waals surface area (Å²) in [6.45, 7) is 1.78. The summed E-state index contributed by atoms with van der Waals surface area (Å²) in [6, 6.07) is 16.8. The van der Waals surface area contributed by atoms with Crippen LogP contribution in [0.2, 0.25) is 0 Å². The third-order valence-electron chi connectivity index (χ3n) is 4.51. The molecule has 0 saturated carbocycles. The van der Waals surface area contributed by atoms with Crippen LogP contribution in [0.3, 0.4) is 0 Å². The molecule has 1 aliphatic rings. The summed E-state index contributed by atoms with van der Waals surface area (Å²) in [6.07, 6.45) is 1.83. The molecule has 4 rings (SSSR count). The second-order valence-electron chi connectivity index (χ2n) is 6.38. The Balaban J connectivity index is 1.58. The number of pyridine rings is 1. The number of anilines is 2. The summed E-state index contributed by atoms with van der Waals surface area (Å²) in [7, 11) is 0. The molecule has 1 atom stereocenters. The lowest BCUT2D eigenvalue weighted by atomic mass is 9.90. The quantitative estimate of drug-likeness (QED) is 0.500. The topological polar surface area (TPSA) is 86.6 Å². The van der Waals surface area contributed by atoms with E-state index in [1.807, 2.05) is 36.4 Å². The van der Waals surface area contributed by atoms with Gasteiger partial charge in [-0.25, -0.2) is 0 Å². The van der Waals surface area contributed by atoms with E-state index in [4.69, 9.17) is 0 Å². The third kappa shape index (κ3) is 2.70. The molecule has 1 aromatic heterocycles. The third-order valence-corrected chi connectivity index (χ3v) is 4.51. The molecule has 2 aromatic carbocycles. The number of benzene rings is 2. The van der Waals surface area contributed by atoms with Crippen LogP contribution in [0.5, 0.6) is 0 Å². The number of carbonyl (C=O) groups is 1. The van der Waals surface area contributed by atoms with Crippen molar-refractivity contribution in [2.75, 3.05) is 10.7 Å². The van der Waals surface area contributed by atoms with Crippen molar-refractivity contribution in [2.45, 2.75) is 18.9 Å². The number of nitrogens with zero attached hydrogens (tertiary/aromatic N) is 2. The molecule has 1 unspecified atom stereocenters. The second kappa shape index (κ2) is 6.24. The van der Waals surface area contributed by atoms with Crippen molar-refractivity contribution >= 4 is 33.9 Å². The van der Waals surface area contributed by atoms with Gasteiger partial charge in [0.05, 0.1) is 11.2 Å². The van der Waals surface area contributed by atoms with Crippen LogP contribution in [0.1, 0.15) is 18.9 Å². The molecule has 0 radical (unpaired) electrons. The van der Waals surface area contributed by atoms with Crippen LogP contribution >= 0.6 is 0 Å². The normalized spacial score (nSPS) is 19.3. The number of aliphatic hydroxyl groups is 1. The smallest absolute Gasteiger partial charge is 0.261 e. The number of carbonyl (C=O) groups excluding carboxylic acids is 1. The number of amides is 1. The van der Waals surface area contributed by atoms with Crippen LogP contribution in [-0.2, 0) is 10.4 Å². The van der Waals surface area contributed by atoms with Crippen molar-refractivity contribution in [2.24, 2.45) is 5.10 Å². The Morgan fingerprint density at radius 1 is 1.19 bits per heavy atom. The van der Waals surface area contributed by atoms with Crippen molar-refractivity contribution in [1.29, 1.82) is 0 Å². The lowest BCUT2D eigenvalue weighted by molar-refractivity contribution is -0.132. The number of hydrogen-bond acceptors (Lipinski definition) is 5. The Hall–Kier alpha value is -3.25. The molecule has 1 amide bonds. The summed E-state index contributed by atoms with van der Waals surface area (Å²) in [4.78, 5) is 16.7. The van der Waals surface area contributed by atoms with E-state index in [0.29, 0.717) is 17.0 Å². The van der Waals surface area contributed by atoms with E-state index in [9.17, 15) is 9.90 Å². The van der Waals surface area contributed by atoms with E-state index >= 15 is 0 Å². The Morgan fingerprint density at radius 2 is 2.00 bits per heavy atom. The number of aromatic nitrogens is 1. The SMILES string of the molecule is CC(CC1(O)C(=O)Nc2ccccc21)=NNc1cccc2cccnc12. The molecule has 1 aliphatic heterocycles. The van der Waals surface area contributed by atoms with Crippen LogP contribution in [0.25, 0.3) is 10.9 Å². The zero-order chi connectivity index (χ0) is 18.1. The lowest BCUT2D eigenvalue weighted by Crippen LogP contribution is -2.36. The molecule has 130 valence electrons. The number of para-hydroxylation sites is 2. The van der Waals surface area contributed by atoms with Gasteiger partial charge in [-0.15, -0.1) is 0 Å². The van der Waals surface area contributed by atoms with Crippen molar-refractivity contribution in [3.8, 4) is 0 Å². The molecule has 3 N–H and O–H groups in total. The minimum absolute atomic E-state index is 0.0983. The summed E-state index contributed by atoms with van der Waals surface area (Å²) >= 11 is 0. The van der Waals surface area contributed by atoms with Gasteiger partial charge >= 0.3 is 0 Å². The fourth-order valence-electron chi connectivity index (χ4n) is 3.24. The highest BCUT2D eigenvalue weighted by Crippen LogP contribution is 2.38. The zero-order valence-electron chi connectivity index (χ0n) is 14.2. The lowest BCUT2D eigenvalue weighted by Gasteiger charge is -2.20. The van der Waals surface area contributed by atoms with Crippen LogP contribution < -0.4 is 10.7 Å². The predicted octanol–water partition coefficient (Wildman–Crippen LogP) is 3.25. The maximum atomic E-state index is 12.3. The fraction of sp³-hybridized carbons (Fsp3) is 0.150. The van der Waals surface area contributed by atoms with Crippen molar-refractivity contribution in [3.63, 3.8) is 0 Å². The standard InChI is InChI=1S/C20H18N4O2/c1-13(12-20(26)15-8-2-3-9-16(15)22-19(20)25)23-24-17-10-4-6-14-7-5-11-21-18(14)17/h2-11,24,26H,12H2,1H3,(H,22,25). The summed E-state index contributed by atoms with van der Waals surface area (Å²) in [5, 5.41) is 19.0. The Bertz CT molecular complexity index is 1030. The van der Waals surface area contributed by atoms with Gasteiger partial charge in [0, 0.05) is 35.0 Å². The average Bonchev–Trinajstić information content (AvgIpc) is 2.90. The fourth-order valence-corrected chi connectivity index (χ4v) is 3.24. The molecule has 26 heavy (non-hydrogen) atoms. The van der Waals surface area contributed by atoms with Gasteiger partial charge in [-0.05, 0) is 25.1 Å². The molecule has 6 nitrogen and oxygen atoms in total. The molecule has 6 heteroatoms. The maximum Gasteiger partial charge on any atom is 0.261 e. The first-order valence-corrected chi connectivity index (χ1v) is 8.34. The van der Waals surface area contributed by atoms with Crippen LogP contribution in [-0.4, -0.2) is 21.7 Å². The molecule has 2 heterocycles. The Labute approximate surface area is 150 Å². The Kier molecular flexibility index (Phi) is 3.89. The predicted molar refractivity (Wildman–Crippen MR) is 102 cm³/mol. The summed E-state index contributed by atoms with van der Waals surface area (Å²) < 4.78 is 0. The van der Waals surface area contributed by atoms with Gasteiger partial charge in [0.25, 0.3) is 5.91 Å². The van der Waals surface area contributed by atoms with Crippen molar-refractivity contribution < 1.29 is 9.90 Å². The molecule has 0 fully saturated rings. The van der Waals surface area contributed by atoms with Gasteiger partial charge in [0.2, 0.25) is 0 Å².